The summed E-state index contributed by atoms with van der Waals surface area (Å²) in [6.45, 7) is 0. The van der Waals surface area contributed by atoms with Gasteiger partial charge in [0.2, 0.25) is 5.89 Å². The number of carbonyl (C=O) groups is 1. The van der Waals surface area contributed by atoms with Gasteiger partial charge in [0, 0.05) is 10.9 Å². The van der Waals surface area contributed by atoms with E-state index in [0.717, 1.165) is 0 Å². The Morgan fingerprint density at radius 2 is 1.52 bits per heavy atom. The summed E-state index contributed by atoms with van der Waals surface area (Å²) in [6, 6.07) is 21.6. The number of fused-ring (bicyclic) bond motifs is 3. The zero-order valence-electron chi connectivity index (χ0n) is 15.9. The van der Waals surface area contributed by atoms with E-state index >= 15 is 0 Å². The Bertz CT molecular complexity index is 1550. The molecule has 0 aliphatic carbocycles. The van der Waals surface area contributed by atoms with E-state index in [9.17, 15) is 14.4 Å². The van der Waals surface area contributed by atoms with Crippen molar-refractivity contribution in [3.05, 3.63) is 105 Å². The lowest BCUT2D eigenvalue weighted by atomic mass is 10.1. The predicted octanol–water partition coefficient (Wildman–Crippen LogP) is 4.18. The van der Waals surface area contributed by atoms with Gasteiger partial charge < -0.3 is 13.6 Å². The van der Waals surface area contributed by atoms with Crippen molar-refractivity contribution >= 4 is 27.8 Å². The smallest absolute Gasteiger partial charge is 0.363 e. The van der Waals surface area contributed by atoms with E-state index in [-0.39, 0.29) is 33.5 Å². The topological polar surface area (TPSA) is 99.6 Å². The number of esters is 1. The predicted molar refractivity (Wildman–Crippen MR) is 113 cm³/mol. The molecule has 0 saturated heterocycles. The zero-order chi connectivity index (χ0) is 21.4. The van der Waals surface area contributed by atoms with Crippen LogP contribution in [0.1, 0.15) is 10.4 Å². The lowest BCUT2D eigenvalue weighted by Gasteiger charge is -2.07. The van der Waals surface area contributed by atoms with Crippen LogP contribution in [0.5, 0.6) is 5.75 Å². The van der Waals surface area contributed by atoms with Gasteiger partial charge in [-0.05, 0) is 42.5 Å². The molecule has 2 aromatic heterocycles. The van der Waals surface area contributed by atoms with Crippen LogP contribution >= 0.6 is 0 Å². The van der Waals surface area contributed by atoms with E-state index < -0.39 is 17.2 Å². The third kappa shape index (κ3) is 3.38. The van der Waals surface area contributed by atoms with Crippen LogP contribution in [0.3, 0.4) is 0 Å². The Balaban J connectivity index is 1.66. The maximum absolute atomic E-state index is 12.8. The van der Waals surface area contributed by atoms with Gasteiger partial charge >= 0.3 is 17.2 Å². The first kappa shape index (κ1) is 18.5. The summed E-state index contributed by atoms with van der Waals surface area (Å²) in [5, 5.41) is 0.220. The third-order valence-electron chi connectivity index (χ3n) is 4.70. The summed E-state index contributed by atoms with van der Waals surface area (Å²) in [5.41, 5.74) is -0.588. The number of hydrogen-bond acceptors (Lipinski definition) is 7. The molecule has 31 heavy (non-hydrogen) atoms. The molecule has 0 aliphatic rings. The summed E-state index contributed by atoms with van der Waals surface area (Å²) in [7, 11) is 0. The fourth-order valence-electron chi connectivity index (χ4n) is 3.25. The SMILES string of the molecule is O=C(Oc1ccc2oc(=O)c3nc(-c4ccccc4)oc(=O)c3c2c1)c1ccccc1. The molecule has 0 atom stereocenters. The average molecular weight is 411 g/mol. The number of aromatic nitrogens is 1. The maximum atomic E-state index is 12.8. The van der Waals surface area contributed by atoms with Gasteiger partial charge in [-0.2, -0.15) is 0 Å². The van der Waals surface area contributed by atoms with Gasteiger partial charge in [0.15, 0.2) is 5.52 Å². The van der Waals surface area contributed by atoms with Crippen LogP contribution in [0.4, 0.5) is 0 Å². The molecule has 3 aromatic carbocycles. The first-order chi connectivity index (χ1) is 15.1. The van der Waals surface area contributed by atoms with Crippen molar-refractivity contribution in [1.82, 2.24) is 4.98 Å². The summed E-state index contributed by atoms with van der Waals surface area (Å²) >= 11 is 0. The quantitative estimate of drug-likeness (QED) is 0.190. The summed E-state index contributed by atoms with van der Waals surface area (Å²) in [4.78, 5) is 41.8. The first-order valence-corrected chi connectivity index (χ1v) is 9.34. The van der Waals surface area contributed by atoms with Crippen molar-refractivity contribution in [3.8, 4) is 17.2 Å². The Morgan fingerprint density at radius 3 is 2.26 bits per heavy atom. The highest BCUT2D eigenvalue weighted by Gasteiger charge is 2.18. The van der Waals surface area contributed by atoms with Crippen molar-refractivity contribution < 1.29 is 18.4 Å². The molecule has 0 bridgehead atoms. The van der Waals surface area contributed by atoms with Crippen LogP contribution in [-0.2, 0) is 0 Å². The summed E-state index contributed by atoms with van der Waals surface area (Å²) in [5.74, 6) is -0.363. The number of carbonyl (C=O) groups excluding carboxylic acids is 1. The number of rotatable bonds is 3. The standard InChI is InChI=1S/C24H13NO6/c26-22(15-9-5-2-6-10-15)29-16-11-12-18-17(13-16)19-20(24(28)30-18)25-21(31-23(19)27)14-7-3-1-4-8-14/h1-13H. The van der Waals surface area contributed by atoms with Crippen molar-refractivity contribution in [3.63, 3.8) is 0 Å². The highest BCUT2D eigenvalue weighted by Crippen LogP contribution is 2.26. The summed E-state index contributed by atoms with van der Waals surface area (Å²) < 4.78 is 16.1. The second-order valence-electron chi connectivity index (χ2n) is 6.70. The van der Waals surface area contributed by atoms with Crippen molar-refractivity contribution in [2.75, 3.05) is 0 Å². The fourth-order valence-corrected chi connectivity index (χ4v) is 3.25. The van der Waals surface area contributed by atoms with Gasteiger partial charge in [-0.3, -0.25) is 0 Å². The molecule has 0 N–H and O–H groups in total. The van der Waals surface area contributed by atoms with Crippen LogP contribution in [-0.4, -0.2) is 11.0 Å². The molecule has 5 aromatic rings. The minimum atomic E-state index is -0.762. The number of hydrogen-bond donors (Lipinski definition) is 0. The van der Waals surface area contributed by atoms with Crippen molar-refractivity contribution in [1.29, 1.82) is 0 Å². The normalized spacial score (nSPS) is 11.0. The molecule has 7 nitrogen and oxygen atoms in total. The van der Waals surface area contributed by atoms with Crippen molar-refractivity contribution in [2.24, 2.45) is 0 Å². The first-order valence-electron chi connectivity index (χ1n) is 9.34. The molecule has 150 valence electrons. The van der Waals surface area contributed by atoms with Gasteiger partial charge in [-0.1, -0.05) is 36.4 Å². The van der Waals surface area contributed by atoms with Crippen LogP contribution < -0.4 is 16.0 Å². The van der Waals surface area contributed by atoms with E-state index in [4.69, 9.17) is 13.6 Å². The largest absolute Gasteiger partial charge is 0.423 e. The van der Waals surface area contributed by atoms with Crippen LogP contribution in [0.2, 0.25) is 0 Å². The molecule has 7 heteroatoms. The highest BCUT2D eigenvalue weighted by molar-refractivity contribution is 6.03. The van der Waals surface area contributed by atoms with Crippen LogP contribution in [0.15, 0.2) is 97.3 Å². The fraction of sp³-hybridized carbons (Fsp3) is 0. The van der Waals surface area contributed by atoms with Gasteiger partial charge in [0.25, 0.3) is 0 Å². The molecular formula is C24H13NO6. The Morgan fingerprint density at radius 1 is 0.806 bits per heavy atom. The van der Waals surface area contributed by atoms with Gasteiger partial charge in [-0.25, -0.2) is 19.4 Å². The minimum Gasteiger partial charge on any atom is -0.423 e. The molecule has 0 radical (unpaired) electrons. The number of nitrogens with zero attached hydrogens (tertiary/aromatic N) is 1. The van der Waals surface area contributed by atoms with Gasteiger partial charge in [-0.15, -0.1) is 0 Å². The molecule has 0 unspecified atom stereocenters. The molecule has 0 amide bonds. The molecule has 5 rings (SSSR count). The lowest BCUT2D eigenvalue weighted by Crippen LogP contribution is -2.12. The molecule has 0 saturated carbocycles. The second kappa shape index (κ2) is 7.38. The van der Waals surface area contributed by atoms with E-state index in [1.807, 2.05) is 6.07 Å². The van der Waals surface area contributed by atoms with Gasteiger partial charge in [0.05, 0.1) is 5.56 Å². The van der Waals surface area contributed by atoms with E-state index in [2.05, 4.69) is 4.98 Å². The lowest BCUT2D eigenvalue weighted by molar-refractivity contribution is 0.0735. The van der Waals surface area contributed by atoms with Crippen LogP contribution in [0.25, 0.3) is 33.3 Å². The average Bonchev–Trinajstić information content (AvgIpc) is 2.80. The second-order valence-corrected chi connectivity index (χ2v) is 6.70. The van der Waals surface area contributed by atoms with E-state index in [1.54, 1.807) is 54.6 Å². The molecule has 0 aliphatic heterocycles. The molecule has 2 heterocycles. The molecule has 0 fully saturated rings. The Kier molecular flexibility index (Phi) is 4.41. The minimum absolute atomic E-state index is 0.0106. The Labute approximate surface area is 174 Å². The number of benzene rings is 3. The Hall–Kier alpha value is -4.52. The summed E-state index contributed by atoms with van der Waals surface area (Å²) in [6.07, 6.45) is 0. The van der Waals surface area contributed by atoms with E-state index in [0.29, 0.717) is 11.1 Å². The zero-order valence-corrected chi connectivity index (χ0v) is 15.9. The van der Waals surface area contributed by atoms with Crippen LogP contribution in [0, 0.1) is 0 Å². The highest BCUT2D eigenvalue weighted by atomic mass is 16.5. The van der Waals surface area contributed by atoms with E-state index in [1.165, 1.54) is 18.2 Å². The maximum Gasteiger partial charge on any atom is 0.363 e. The molecular weight excluding hydrogens is 398 g/mol. The van der Waals surface area contributed by atoms with Gasteiger partial charge in [0.1, 0.15) is 16.7 Å². The molecule has 0 spiro atoms. The number of ether oxygens (including phenoxy) is 1. The monoisotopic (exact) mass is 411 g/mol. The third-order valence-corrected chi connectivity index (χ3v) is 4.70. The van der Waals surface area contributed by atoms with Crippen molar-refractivity contribution in [2.45, 2.75) is 0 Å².